The average molecular weight is 501 g/mol. The quantitative estimate of drug-likeness (QED) is 0.522. The zero-order valence-corrected chi connectivity index (χ0v) is 20.4. The molecule has 0 radical (unpaired) electrons. The summed E-state index contributed by atoms with van der Waals surface area (Å²) in [6, 6.07) is 6.14. The summed E-state index contributed by atoms with van der Waals surface area (Å²) < 4.78 is 34.3. The molecule has 2 aliphatic heterocycles. The van der Waals surface area contributed by atoms with Crippen molar-refractivity contribution in [2.24, 2.45) is 0 Å². The van der Waals surface area contributed by atoms with Crippen LogP contribution < -0.4 is 15.4 Å². The minimum absolute atomic E-state index is 0.184. The van der Waals surface area contributed by atoms with Gasteiger partial charge in [0.05, 0.1) is 24.2 Å². The second-order valence-corrected chi connectivity index (χ2v) is 11.1. The summed E-state index contributed by atoms with van der Waals surface area (Å²) in [4.78, 5) is 26.7. The van der Waals surface area contributed by atoms with Crippen LogP contribution in [0, 0.1) is 6.92 Å². The number of carbonyl (C=O) groups excluding carboxylic acids is 1. The van der Waals surface area contributed by atoms with Crippen LogP contribution in [0.15, 0.2) is 35.4 Å². The summed E-state index contributed by atoms with van der Waals surface area (Å²) in [6.45, 7) is 2.54. The van der Waals surface area contributed by atoms with E-state index >= 15 is 0 Å². The summed E-state index contributed by atoms with van der Waals surface area (Å²) in [5, 5.41) is 6.52. The third-order valence-electron chi connectivity index (χ3n) is 5.88. The topological polar surface area (TPSA) is 126 Å². The van der Waals surface area contributed by atoms with E-state index in [-0.39, 0.29) is 10.8 Å². The van der Waals surface area contributed by atoms with Gasteiger partial charge in [0.25, 0.3) is 5.91 Å². The first-order chi connectivity index (χ1) is 16.3. The molecule has 2 N–H and O–H groups in total. The van der Waals surface area contributed by atoms with E-state index in [2.05, 4.69) is 25.6 Å². The Labute approximate surface area is 201 Å². The van der Waals surface area contributed by atoms with Gasteiger partial charge in [0, 0.05) is 24.8 Å². The number of aromatic nitrogens is 3. The standard InChI is InChI=1S/C22H24N6O4S2/c1-13-10-19-26-20(25-13)16-4-3-9-28(16)34(30,31)15-5-6-17(32-2)14(11-15)7-8-23-21(29)18-12-24-22(27-19)33-18/h5-6,10-12,16H,3-4,7-9H2,1-2H3,(H,23,29)(H,24,25,26,27). The molecule has 34 heavy (non-hydrogen) atoms. The number of nitrogens with one attached hydrogen (secondary N) is 2. The number of thiazole rings is 1. The van der Waals surface area contributed by atoms with Crippen molar-refractivity contribution in [2.45, 2.75) is 37.1 Å². The van der Waals surface area contributed by atoms with Crippen LogP contribution in [-0.4, -0.2) is 53.8 Å². The van der Waals surface area contributed by atoms with Crippen LogP contribution in [0.25, 0.3) is 0 Å². The number of hydrogen-bond acceptors (Lipinski definition) is 9. The lowest BCUT2D eigenvalue weighted by molar-refractivity contribution is 0.0958. The second-order valence-electron chi connectivity index (χ2n) is 8.16. The molecule has 0 aliphatic carbocycles. The van der Waals surface area contributed by atoms with E-state index in [4.69, 9.17) is 4.74 Å². The zero-order valence-electron chi connectivity index (χ0n) is 18.7. The smallest absolute Gasteiger partial charge is 0.263 e. The first kappa shape index (κ1) is 22.7. The van der Waals surface area contributed by atoms with Crippen LogP contribution in [0.5, 0.6) is 5.75 Å². The minimum Gasteiger partial charge on any atom is -0.496 e. The summed E-state index contributed by atoms with van der Waals surface area (Å²) in [5.74, 6) is 1.26. The van der Waals surface area contributed by atoms with Crippen LogP contribution in [0.3, 0.4) is 0 Å². The highest BCUT2D eigenvalue weighted by Gasteiger charge is 2.38. The van der Waals surface area contributed by atoms with Gasteiger partial charge in [0.2, 0.25) is 10.0 Å². The van der Waals surface area contributed by atoms with Crippen LogP contribution in [0.1, 0.15) is 45.6 Å². The molecular formula is C22H24N6O4S2. The Bertz CT molecular complexity index is 1360. The third-order valence-corrected chi connectivity index (χ3v) is 8.69. The van der Waals surface area contributed by atoms with Crippen molar-refractivity contribution in [3.05, 3.63) is 52.4 Å². The highest BCUT2D eigenvalue weighted by atomic mass is 32.2. The maximum absolute atomic E-state index is 13.7. The van der Waals surface area contributed by atoms with Gasteiger partial charge in [-0.2, -0.15) is 4.31 Å². The van der Waals surface area contributed by atoms with Gasteiger partial charge in [-0.05, 0) is 49.9 Å². The van der Waals surface area contributed by atoms with E-state index in [1.54, 1.807) is 24.3 Å². The largest absolute Gasteiger partial charge is 0.496 e. The Kier molecular flexibility index (Phi) is 5.96. The molecule has 178 valence electrons. The van der Waals surface area contributed by atoms with Crippen LogP contribution in [-0.2, 0) is 16.4 Å². The summed E-state index contributed by atoms with van der Waals surface area (Å²) >= 11 is 1.22. The van der Waals surface area contributed by atoms with Crippen molar-refractivity contribution in [2.75, 3.05) is 25.5 Å². The summed E-state index contributed by atoms with van der Waals surface area (Å²) in [6.07, 6.45) is 3.28. The van der Waals surface area contributed by atoms with Crippen molar-refractivity contribution in [3.8, 4) is 5.75 Å². The Morgan fingerprint density at radius 2 is 2.09 bits per heavy atom. The van der Waals surface area contributed by atoms with E-state index in [1.165, 1.54) is 28.9 Å². The van der Waals surface area contributed by atoms with Gasteiger partial charge in [0.1, 0.15) is 22.3 Å². The Balaban J connectivity index is 1.63. The van der Waals surface area contributed by atoms with Gasteiger partial charge in [-0.3, -0.25) is 4.79 Å². The fraction of sp³-hybridized carbons (Fsp3) is 0.364. The third kappa shape index (κ3) is 4.24. The fourth-order valence-electron chi connectivity index (χ4n) is 4.28. The number of hydrogen-bond donors (Lipinski definition) is 2. The number of ether oxygens (including phenoxy) is 1. The first-order valence-corrected chi connectivity index (χ1v) is 13.2. The predicted octanol–water partition coefficient (Wildman–Crippen LogP) is 2.81. The zero-order chi connectivity index (χ0) is 23.9. The molecule has 12 heteroatoms. The number of aryl methyl sites for hydroxylation is 1. The molecule has 3 aromatic rings. The van der Waals surface area contributed by atoms with E-state index in [0.717, 1.165) is 6.42 Å². The monoisotopic (exact) mass is 500 g/mol. The number of benzene rings is 1. The lowest BCUT2D eigenvalue weighted by Gasteiger charge is -2.24. The van der Waals surface area contributed by atoms with Crippen molar-refractivity contribution in [1.82, 2.24) is 24.6 Å². The van der Waals surface area contributed by atoms with Gasteiger partial charge in [-0.1, -0.05) is 11.3 Å². The Hall–Kier alpha value is -3.09. The number of methoxy groups -OCH3 is 1. The van der Waals surface area contributed by atoms with Crippen molar-refractivity contribution >= 4 is 38.2 Å². The molecule has 1 unspecified atom stereocenters. The number of anilines is 2. The highest BCUT2D eigenvalue weighted by Crippen LogP contribution is 2.37. The second kappa shape index (κ2) is 8.93. The van der Waals surface area contributed by atoms with Gasteiger partial charge >= 0.3 is 0 Å². The number of rotatable bonds is 1. The Morgan fingerprint density at radius 1 is 1.24 bits per heavy atom. The van der Waals surface area contributed by atoms with E-state index < -0.39 is 16.1 Å². The van der Waals surface area contributed by atoms with E-state index in [0.29, 0.717) is 64.6 Å². The normalized spacial score (nSPS) is 20.1. The molecule has 1 fully saturated rings. The average Bonchev–Trinajstić information content (AvgIpc) is 3.48. The SMILES string of the molecule is COc1ccc2cc1CCNC(=O)c1cnc(s1)Nc1cc(C)nc(n1)C1CCCN1S2(=O)=O. The molecule has 2 aromatic heterocycles. The van der Waals surface area contributed by atoms with Gasteiger partial charge in [0.15, 0.2) is 5.13 Å². The molecule has 2 aliphatic rings. The van der Waals surface area contributed by atoms with E-state index in [9.17, 15) is 13.2 Å². The lowest BCUT2D eigenvalue weighted by Crippen LogP contribution is -2.32. The predicted molar refractivity (Wildman–Crippen MR) is 127 cm³/mol. The summed E-state index contributed by atoms with van der Waals surface area (Å²) in [5.41, 5.74) is 1.40. The summed E-state index contributed by atoms with van der Waals surface area (Å²) in [7, 11) is -2.27. The van der Waals surface area contributed by atoms with Crippen LogP contribution in [0.4, 0.5) is 10.9 Å². The minimum atomic E-state index is -3.81. The van der Waals surface area contributed by atoms with Gasteiger partial charge in [-0.15, -0.1) is 0 Å². The number of carbonyl (C=O) groups is 1. The van der Waals surface area contributed by atoms with E-state index in [1.807, 2.05) is 6.92 Å². The maximum atomic E-state index is 13.7. The number of amides is 1. The Morgan fingerprint density at radius 3 is 2.91 bits per heavy atom. The molecule has 1 saturated heterocycles. The van der Waals surface area contributed by atoms with Gasteiger partial charge in [-0.25, -0.2) is 23.4 Å². The molecular weight excluding hydrogens is 476 g/mol. The fourth-order valence-corrected chi connectivity index (χ4v) is 6.73. The molecule has 5 rings (SSSR count). The number of fused-ring (bicyclic) bond motifs is 8. The lowest BCUT2D eigenvalue weighted by atomic mass is 10.1. The molecule has 6 bridgehead atoms. The van der Waals surface area contributed by atoms with Gasteiger partial charge < -0.3 is 15.4 Å². The highest BCUT2D eigenvalue weighted by molar-refractivity contribution is 7.89. The molecule has 4 heterocycles. The molecule has 1 atom stereocenters. The molecule has 0 spiro atoms. The first-order valence-electron chi connectivity index (χ1n) is 10.9. The maximum Gasteiger partial charge on any atom is 0.263 e. The van der Waals surface area contributed by atoms with Crippen LogP contribution >= 0.6 is 11.3 Å². The number of nitrogens with zero attached hydrogens (tertiary/aromatic N) is 4. The number of sulfonamides is 1. The van der Waals surface area contributed by atoms with Crippen molar-refractivity contribution in [3.63, 3.8) is 0 Å². The van der Waals surface area contributed by atoms with Crippen LogP contribution in [0.2, 0.25) is 0 Å². The molecule has 0 saturated carbocycles. The molecule has 1 amide bonds. The van der Waals surface area contributed by atoms with Crippen molar-refractivity contribution < 1.29 is 17.9 Å². The molecule has 1 aromatic carbocycles. The molecule has 10 nitrogen and oxygen atoms in total. The van der Waals surface area contributed by atoms with Crippen molar-refractivity contribution in [1.29, 1.82) is 0 Å².